The normalized spacial score (nSPS) is 13.6. The van der Waals surface area contributed by atoms with E-state index in [0.717, 1.165) is 0 Å². The Labute approximate surface area is 93.8 Å². The summed E-state index contributed by atoms with van der Waals surface area (Å²) < 4.78 is 17.8. The minimum Gasteiger partial charge on any atom is -0.467 e. The smallest absolute Gasteiger partial charge is 0.330 e. The van der Waals surface area contributed by atoms with E-state index < -0.39 is 17.3 Å². The van der Waals surface area contributed by atoms with E-state index in [1.165, 1.54) is 32.2 Å². The summed E-state index contributed by atoms with van der Waals surface area (Å²) in [4.78, 5) is 11.3. The lowest BCUT2D eigenvalue weighted by Crippen LogP contribution is -2.43. The van der Waals surface area contributed by atoms with Crippen LogP contribution in [0.5, 0.6) is 0 Å². The molecule has 0 aliphatic carbocycles. The van der Waals surface area contributed by atoms with Gasteiger partial charge < -0.3 is 10.5 Å². The lowest BCUT2D eigenvalue weighted by molar-refractivity contribution is -0.146. The minimum absolute atomic E-state index is 0. The zero-order valence-electron chi connectivity index (χ0n) is 8.49. The quantitative estimate of drug-likeness (QED) is 0.790. The molecule has 0 spiro atoms. The molecule has 1 aromatic carbocycles. The summed E-state index contributed by atoms with van der Waals surface area (Å²) in [5, 5.41) is 0. The maximum absolute atomic E-state index is 13.3. The molecule has 84 valence electrons. The summed E-state index contributed by atoms with van der Waals surface area (Å²) in [7, 11) is 1.22. The molecule has 0 heterocycles. The SMILES string of the molecule is COC(=O)[C@@](C)(N)c1ccccc1F.Cl. The maximum atomic E-state index is 13.3. The second-order valence-corrected chi connectivity index (χ2v) is 3.17. The average Bonchev–Trinajstić information content (AvgIpc) is 2.17. The molecule has 0 aliphatic rings. The first-order valence-corrected chi connectivity index (χ1v) is 4.12. The number of nitrogens with two attached hydrogens (primary N) is 1. The molecule has 0 saturated heterocycles. The number of carbonyl (C=O) groups excluding carboxylic acids is 1. The van der Waals surface area contributed by atoms with Crippen molar-refractivity contribution < 1.29 is 13.9 Å². The first-order chi connectivity index (χ1) is 6.50. The summed E-state index contributed by atoms with van der Waals surface area (Å²) in [5.41, 5.74) is 4.37. The predicted molar refractivity (Wildman–Crippen MR) is 57.2 cm³/mol. The first-order valence-electron chi connectivity index (χ1n) is 4.12. The molecule has 0 saturated carbocycles. The predicted octanol–water partition coefficient (Wildman–Crippen LogP) is 1.59. The topological polar surface area (TPSA) is 52.3 Å². The van der Waals surface area contributed by atoms with Gasteiger partial charge in [0.25, 0.3) is 0 Å². The molecule has 1 aromatic rings. The van der Waals surface area contributed by atoms with Gasteiger partial charge in [0.2, 0.25) is 0 Å². The van der Waals surface area contributed by atoms with E-state index in [-0.39, 0.29) is 18.0 Å². The number of ether oxygens (including phenoxy) is 1. The van der Waals surface area contributed by atoms with Crippen molar-refractivity contribution in [2.75, 3.05) is 7.11 Å². The number of hydrogen-bond donors (Lipinski definition) is 1. The van der Waals surface area contributed by atoms with E-state index >= 15 is 0 Å². The zero-order chi connectivity index (χ0) is 10.8. The highest BCUT2D eigenvalue weighted by Crippen LogP contribution is 2.21. The molecule has 2 N–H and O–H groups in total. The molecule has 1 rings (SSSR count). The Morgan fingerprint density at radius 2 is 2.00 bits per heavy atom. The van der Waals surface area contributed by atoms with Crippen LogP contribution in [0.2, 0.25) is 0 Å². The Kier molecular flexibility index (Phi) is 4.71. The monoisotopic (exact) mass is 233 g/mol. The fourth-order valence-electron chi connectivity index (χ4n) is 1.20. The fourth-order valence-corrected chi connectivity index (χ4v) is 1.20. The number of benzene rings is 1. The van der Waals surface area contributed by atoms with Crippen molar-refractivity contribution in [2.24, 2.45) is 5.73 Å². The minimum atomic E-state index is -1.44. The van der Waals surface area contributed by atoms with Gasteiger partial charge in [-0.3, -0.25) is 0 Å². The molecular weight excluding hydrogens is 221 g/mol. The van der Waals surface area contributed by atoms with E-state index in [4.69, 9.17) is 5.73 Å². The van der Waals surface area contributed by atoms with Crippen LogP contribution in [-0.4, -0.2) is 13.1 Å². The van der Waals surface area contributed by atoms with Crippen molar-refractivity contribution in [2.45, 2.75) is 12.5 Å². The van der Waals surface area contributed by atoms with Crippen molar-refractivity contribution in [1.82, 2.24) is 0 Å². The highest BCUT2D eigenvalue weighted by Gasteiger charge is 2.33. The molecule has 0 unspecified atom stereocenters. The van der Waals surface area contributed by atoms with Crippen molar-refractivity contribution in [3.05, 3.63) is 35.6 Å². The highest BCUT2D eigenvalue weighted by atomic mass is 35.5. The van der Waals surface area contributed by atoms with Gasteiger partial charge in [-0.25, -0.2) is 9.18 Å². The summed E-state index contributed by atoms with van der Waals surface area (Å²) in [6.45, 7) is 1.41. The molecule has 0 aromatic heterocycles. The molecule has 15 heavy (non-hydrogen) atoms. The summed E-state index contributed by atoms with van der Waals surface area (Å²) in [6, 6.07) is 5.87. The van der Waals surface area contributed by atoms with Crippen molar-refractivity contribution >= 4 is 18.4 Å². The number of carbonyl (C=O) groups is 1. The van der Waals surface area contributed by atoms with E-state index in [1.807, 2.05) is 0 Å². The van der Waals surface area contributed by atoms with Crippen LogP contribution in [0.15, 0.2) is 24.3 Å². The van der Waals surface area contributed by atoms with Crippen molar-refractivity contribution in [3.8, 4) is 0 Å². The second-order valence-electron chi connectivity index (χ2n) is 3.17. The number of methoxy groups -OCH3 is 1. The molecule has 0 aliphatic heterocycles. The lowest BCUT2D eigenvalue weighted by atomic mass is 9.93. The summed E-state index contributed by atoms with van der Waals surface area (Å²) >= 11 is 0. The van der Waals surface area contributed by atoms with Crippen LogP contribution in [-0.2, 0) is 15.1 Å². The molecule has 0 fully saturated rings. The molecule has 0 amide bonds. The average molecular weight is 234 g/mol. The molecule has 0 bridgehead atoms. The second kappa shape index (κ2) is 5.09. The Hall–Kier alpha value is -1.13. The maximum Gasteiger partial charge on any atom is 0.330 e. The third-order valence-corrected chi connectivity index (χ3v) is 2.04. The van der Waals surface area contributed by atoms with Gasteiger partial charge in [-0.05, 0) is 13.0 Å². The number of esters is 1. The van der Waals surface area contributed by atoms with E-state index in [1.54, 1.807) is 6.07 Å². The van der Waals surface area contributed by atoms with Crippen LogP contribution in [0.25, 0.3) is 0 Å². The van der Waals surface area contributed by atoms with Crippen LogP contribution in [0.3, 0.4) is 0 Å². The number of halogens is 2. The van der Waals surface area contributed by atoms with E-state index in [2.05, 4.69) is 4.74 Å². The largest absolute Gasteiger partial charge is 0.467 e. The van der Waals surface area contributed by atoms with Crippen molar-refractivity contribution in [3.63, 3.8) is 0 Å². The molecule has 1 atom stereocenters. The first kappa shape index (κ1) is 13.9. The van der Waals surface area contributed by atoms with E-state index in [9.17, 15) is 9.18 Å². The van der Waals surface area contributed by atoms with Gasteiger partial charge in [-0.1, -0.05) is 18.2 Å². The lowest BCUT2D eigenvalue weighted by Gasteiger charge is -2.22. The van der Waals surface area contributed by atoms with Gasteiger partial charge >= 0.3 is 5.97 Å². The molecular formula is C10H13ClFNO2. The van der Waals surface area contributed by atoms with Gasteiger partial charge in [-0.15, -0.1) is 12.4 Å². The van der Waals surface area contributed by atoms with Crippen LogP contribution >= 0.6 is 12.4 Å². The summed E-state index contributed by atoms with van der Waals surface area (Å²) in [5.74, 6) is -1.18. The van der Waals surface area contributed by atoms with Crippen LogP contribution in [0.1, 0.15) is 12.5 Å². The third kappa shape index (κ3) is 2.67. The number of hydrogen-bond acceptors (Lipinski definition) is 3. The van der Waals surface area contributed by atoms with Gasteiger partial charge in [0.05, 0.1) is 7.11 Å². The van der Waals surface area contributed by atoms with Crippen LogP contribution in [0.4, 0.5) is 4.39 Å². The Bertz CT molecular complexity index is 355. The van der Waals surface area contributed by atoms with Gasteiger partial charge in [0, 0.05) is 5.56 Å². The standard InChI is InChI=1S/C10H12FNO2.ClH/c1-10(12,9(13)14-2)7-5-3-4-6-8(7)11;/h3-6H,12H2,1-2H3;1H/t10-;/m0./s1. The summed E-state index contributed by atoms with van der Waals surface area (Å²) in [6.07, 6.45) is 0. The van der Waals surface area contributed by atoms with Gasteiger partial charge in [0.15, 0.2) is 0 Å². The zero-order valence-corrected chi connectivity index (χ0v) is 9.31. The van der Waals surface area contributed by atoms with E-state index in [0.29, 0.717) is 0 Å². The van der Waals surface area contributed by atoms with Crippen molar-refractivity contribution in [1.29, 1.82) is 0 Å². The number of rotatable bonds is 2. The van der Waals surface area contributed by atoms with Crippen LogP contribution < -0.4 is 5.73 Å². The molecule has 5 heteroatoms. The van der Waals surface area contributed by atoms with Crippen LogP contribution in [0, 0.1) is 5.82 Å². The van der Waals surface area contributed by atoms with Gasteiger partial charge in [-0.2, -0.15) is 0 Å². The Morgan fingerprint density at radius 1 is 1.47 bits per heavy atom. The Balaban J connectivity index is 0.00000196. The fraction of sp³-hybridized carbons (Fsp3) is 0.300. The molecule has 3 nitrogen and oxygen atoms in total. The highest BCUT2D eigenvalue weighted by molar-refractivity contribution is 5.85. The van der Waals surface area contributed by atoms with Gasteiger partial charge in [0.1, 0.15) is 11.4 Å². The Morgan fingerprint density at radius 3 is 2.47 bits per heavy atom. The third-order valence-electron chi connectivity index (χ3n) is 2.04. The molecule has 0 radical (unpaired) electrons.